The van der Waals surface area contributed by atoms with Gasteiger partial charge in [0.05, 0.1) is 12.3 Å². The quantitative estimate of drug-likeness (QED) is 0.541. The zero-order valence-electron chi connectivity index (χ0n) is 17.9. The van der Waals surface area contributed by atoms with Crippen LogP contribution in [0.25, 0.3) is 6.08 Å². The lowest BCUT2D eigenvalue weighted by molar-refractivity contribution is -0.113. The molecule has 5 rings (SSSR count). The molecule has 160 valence electrons. The first-order chi connectivity index (χ1) is 15.6. The molecule has 0 aliphatic carbocycles. The third kappa shape index (κ3) is 3.71. The summed E-state index contributed by atoms with van der Waals surface area (Å²) in [6.07, 6.45) is 1.77. The number of hydrogen-bond donors (Lipinski definition) is 0. The third-order valence-electron chi connectivity index (χ3n) is 5.28. The van der Waals surface area contributed by atoms with Crippen molar-refractivity contribution >= 4 is 23.5 Å². The number of hydrogen-bond acceptors (Lipinski definition) is 5. The van der Waals surface area contributed by atoms with Crippen LogP contribution in [-0.4, -0.2) is 25.1 Å². The Labute approximate surface area is 186 Å². The summed E-state index contributed by atoms with van der Waals surface area (Å²) in [6.45, 7) is 4.75. The largest absolute Gasteiger partial charge is 0.494 e. The second-order valence-corrected chi connectivity index (χ2v) is 7.51. The molecule has 0 spiro atoms. The maximum Gasteiger partial charge on any atom is 0.282 e. The highest BCUT2D eigenvalue weighted by Crippen LogP contribution is 2.34. The Morgan fingerprint density at radius 2 is 1.75 bits per heavy atom. The minimum absolute atomic E-state index is 0.192. The van der Waals surface area contributed by atoms with E-state index < -0.39 is 0 Å². The first-order valence-electron chi connectivity index (χ1n) is 10.5. The van der Waals surface area contributed by atoms with E-state index in [1.165, 1.54) is 0 Å². The number of nitrogens with zero attached hydrogens (tertiary/aromatic N) is 2. The second kappa shape index (κ2) is 8.23. The molecule has 0 radical (unpaired) electrons. The molecular weight excluding hydrogens is 404 g/mol. The Kier molecular flexibility index (Phi) is 5.11. The number of ether oxygens (including phenoxy) is 3. The van der Waals surface area contributed by atoms with Crippen LogP contribution < -0.4 is 19.1 Å². The Morgan fingerprint density at radius 3 is 2.50 bits per heavy atom. The van der Waals surface area contributed by atoms with Crippen molar-refractivity contribution in [3.05, 3.63) is 89.1 Å². The van der Waals surface area contributed by atoms with Gasteiger partial charge in [0.25, 0.3) is 5.91 Å². The zero-order chi connectivity index (χ0) is 22.1. The van der Waals surface area contributed by atoms with Crippen LogP contribution in [0.2, 0.25) is 0 Å². The first kappa shape index (κ1) is 19.9. The van der Waals surface area contributed by atoms with E-state index in [1.54, 1.807) is 11.0 Å². The normalized spacial score (nSPS) is 15.9. The molecule has 0 aromatic heterocycles. The molecule has 32 heavy (non-hydrogen) atoms. The van der Waals surface area contributed by atoms with Crippen molar-refractivity contribution in [2.24, 2.45) is 4.99 Å². The minimum Gasteiger partial charge on any atom is -0.494 e. The van der Waals surface area contributed by atoms with Gasteiger partial charge in [-0.2, -0.15) is 0 Å². The lowest BCUT2D eigenvalue weighted by Crippen LogP contribution is -2.32. The Bertz CT molecular complexity index is 1230. The molecule has 6 heteroatoms. The van der Waals surface area contributed by atoms with Crippen molar-refractivity contribution in [1.29, 1.82) is 0 Å². The van der Waals surface area contributed by atoms with E-state index in [0.717, 1.165) is 28.1 Å². The molecular formula is C26H22N2O4. The average molecular weight is 426 g/mol. The number of aryl methyl sites for hydroxylation is 1. The molecule has 0 fully saturated rings. The number of amidine groups is 1. The van der Waals surface area contributed by atoms with E-state index in [1.807, 2.05) is 80.6 Å². The van der Waals surface area contributed by atoms with Crippen LogP contribution in [-0.2, 0) is 4.79 Å². The van der Waals surface area contributed by atoms with Gasteiger partial charge in [-0.3, -0.25) is 9.69 Å². The van der Waals surface area contributed by atoms with Crippen LogP contribution >= 0.6 is 0 Å². The van der Waals surface area contributed by atoms with Crippen LogP contribution in [0.4, 0.5) is 5.69 Å². The summed E-state index contributed by atoms with van der Waals surface area (Å²) in [5.74, 6) is 2.52. The van der Waals surface area contributed by atoms with Crippen LogP contribution in [0.15, 0.2) is 77.4 Å². The standard InChI is InChI=1S/C26H22N2O4/c1-3-30-21-11-9-20(10-12-21)28-25(19-7-4-17(2)5-8-19)27-22(26(28)29)14-18-6-13-23-24(15-18)32-16-31-23/h4-15H,3,16H2,1-2H3/b22-14+. The fraction of sp³-hybridized carbons (Fsp3) is 0.154. The highest BCUT2D eigenvalue weighted by molar-refractivity contribution is 6.33. The number of carbonyl (C=O) groups is 1. The predicted octanol–water partition coefficient (Wildman–Crippen LogP) is 4.96. The van der Waals surface area contributed by atoms with Crippen molar-refractivity contribution < 1.29 is 19.0 Å². The number of anilines is 1. The van der Waals surface area contributed by atoms with Crippen LogP contribution in [0, 0.1) is 6.92 Å². The zero-order valence-corrected chi connectivity index (χ0v) is 17.9. The van der Waals surface area contributed by atoms with Gasteiger partial charge in [-0.05, 0) is 61.9 Å². The topological polar surface area (TPSA) is 60.4 Å². The van der Waals surface area contributed by atoms with Crippen molar-refractivity contribution in [1.82, 2.24) is 0 Å². The van der Waals surface area contributed by atoms with Crippen LogP contribution in [0.1, 0.15) is 23.6 Å². The van der Waals surface area contributed by atoms with Crippen molar-refractivity contribution in [2.45, 2.75) is 13.8 Å². The molecule has 1 amide bonds. The monoisotopic (exact) mass is 426 g/mol. The van der Waals surface area contributed by atoms with Gasteiger partial charge in [0.1, 0.15) is 17.3 Å². The van der Waals surface area contributed by atoms with Crippen LogP contribution in [0.3, 0.4) is 0 Å². The number of aliphatic imine (C=N–C) groups is 1. The van der Waals surface area contributed by atoms with E-state index in [-0.39, 0.29) is 12.7 Å². The van der Waals surface area contributed by atoms with Gasteiger partial charge in [-0.15, -0.1) is 0 Å². The number of benzene rings is 3. The minimum atomic E-state index is -0.192. The summed E-state index contributed by atoms with van der Waals surface area (Å²) < 4.78 is 16.4. The fourth-order valence-electron chi connectivity index (χ4n) is 3.67. The average Bonchev–Trinajstić information content (AvgIpc) is 3.40. The fourth-order valence-corrected chi connectivity index (χ4v) is 3.67. The molecule has 2 heterocycles. The van der Waals surface area contributed by atoms with Gasteiger partial charge < -0.3 is 14.2 Å². The van der Waals surface area contributed by atoms with E-state index >= 15 is 0 Å². The SMILES string of the molecule is CCOc1ccc(N2C(=O)/C(=C\c3ccc4c(c3)OCO4)N=C2c2ccc(C)cc2)cc1. The molecule has 2 aliphatic rings. The highest BCUT2D eigenvalue weighted by Gasteiger charge is 2.32. The van der Waals surface area contributed by atoms with Gasteiger partial charge in [-0.25, -0.2) is 4.99 Å². The maximum atomic E-state index is 13.5. The molecule has 0 bridgehead atoms. The Morgan fingerprint density at radius 1 is 1.00 bits per heavy atom. The second-order valence-electron chi connectivity index (χ2n) is 7.51. The van der Waals surface area contributed by atoms with Gasteiger partial charge in [0.15, 0.2) is 11.5 Å². The predicted molar refractivity (Wildman–Crippen MR) is 123 cm³/mol. The van der Waals surface area contributed by atoms with Crippen molar-refractivity contribution in [2.75, 3.05) is 18.3 Å². The molecule has 3 aromatic rings. The van der Waals surface area contributed by atoms with Gasteiger partial charge >= 0.3 is 0 Å². The molecule has 0 saturated carbocycles. The summed E-state index contributed by atoms with van der Waals surface area (Å²) >= 11 is 0. The molecule has 0 unspecified atom stereocenters. The van der Waals surface area contributed by atoms with Gasteiger partial charge in [-0.1, -0.05) is 35.9 Å². The number of amides is 1. The van der Waals surface area contributed by atoms with E-state index in [9.17, 15) is 4.79 Å². The first-order valence-corrected chi connectivity index (χ1v) is 10.5. The summed E-state index contributed by atoms with van der Waals surface area (Å²) in [7, 11) is 0. The molecule has 2 aliphatic heterocycles. The third-order valence-corrected chi connectivity index (χ3v) is 5.28. The maximum absolute atomic E-state index is 13.5. The number of carbonyl (C=O) groups excluding carboxylic acids is 1. The lowest BCUT2D eigenvalue weighted by atomic mass is 10.1. The lowest BCUT2D eigenvalue weighted by Gasteiger charge is -2.19. The Balaban J connectivity index is 1.55. The molecule has 0 N–H and O–H groups in total. The molecule has 6 nitrogen and oxygen atoms in total. The summed E-state index contributed by atoms with van der Waals surface area (Å²) in [6, 6.07) is 21.0. The summed E-state index contributed by atoms with van der Waals surface area (Å²) in [5.41, 5.74) is 3.91. The Hall–Kier alpha value is -4.06. The van der Waals surface area contributed by atoms with Crippen LogP contribution in [0.5, 0.6) is 17.2 Å². The number of rotatable bonds is 5. The van der Waals surface area contributed by atoms with E-state index in [4.69, 9.17) is 19.2 Å². The van der Waals surface area contributed by atoms with E-state index in [0.29, 0.717) is 29.6 Å². The van der Waals surface area contributed by atoms with Crippen molar-refractivity contribution in [3.63, 3.8) is 0 Å². The van der Waals surface area contributed by atoms with Gasteiger partial charge in [0, 0.05) is 5.56 Å². The summed E-state index contributed by atoms with van der Waals surface area (Å²) in [4.78, 5) is 19.8. The molecule has 0 saturated heterocycles. The van der Waals surface area contributed by atoms with Crippen molar-refractivity contribution in [3.8, 4) is 17.2 Å². The molecule has 0 atom stereocenters. The highest BCUT2D eigenvalue weighted by atomic mass is 16.7. The van der Waals surface area contributed by atoms with Gasteiger partial charge in [0.2, 0.25) is 6.79 Å². The number of fused-ring (bicyclic) bond motifs is 1. The molecule has 3 aromatic carbocycles. The summed E-state index contributed by atoms with van der Waals surface area (Å²) in [5, 5.41) is 0. The van der Waals surface area contributed by atoms with E-state index in [2.05, 4.69) is 0 Å². The smallest absolute Gasteiger partial charge is 0.282 e.